The largest absolute Gasteiger partial charge is 0.492 e. The lowest BCUT2D eigenvalue weighted by molar-refractivity contribution is -0.118. The molecular weight excluding hydrogens is 248 g/mol. The Labute approximate surface area is 90.3 Å². The van der Waals surface area contributed by atoms with Gasteiger partial charge in [-0.3, -0.25) is 4.79 Å². The second kappa shape index (κ2) is 4.85. The van der Waals surface area contributed by atoms with Gasteiger partial charge in [0.25, 0.3) is 0 Å². The Morgan fingerprint density at radius 3 is 2.86 bits per heavy atom. The van der Waals surface area contributed by atoms with Crippen LogP contribution in [0.4, 0.5) is 5.69 Å². The van der Waals surface area contributed by atoms with Gasteiger partial charge in [-0.1, -0.05) is 6.07 Å². The maximum Gasteiger partial charge on any atom is 0.220 e. The summed E-state index contributed by atoms with van der Waals surface area (Å²) in [6.45, 7) is 0.261. The lowest BCUT2D eigenvalue weighted by Gasteiger charge is -2.08. The number of hydrogen-bond donors (Lipinski definition) is 2. The van der Waals surface area contributed by atoms with E-state index in [1.54, 1.807) is 18.2 Å². The molecule has 0 bridgehead atoms. The van der Waals surface area contributed by atoms with Gasteiger partial charge in [-0.15, -0.1) is 0 Å². The number of nitrogen functional groups attached to an aromatic ring is 1. The van der Waals surface area contributed by atoms with Gasteiger partial charge in [0.2, 0.25) is 5.91 Å². The third kappa shape index (κ3) is 2.92. The highest BCUT2D eigenvalue weighted by atomic mass is 79.9. The van der Waals surface area contributed by atoms with Crippen molar-refractivity contribution in [3.05, 3.63) is 22.7 Å². The highest BCUT2D eigenvalue weighted by Gasteiger charge is 2.04. The molecule has 4 nitrogen and oxygen atoms in total. The predicted molar refractivity (Wildman–Crippen MR) is 57.9 cm³/mol. The highest BCUT2D eigenvalue weighted by molar-refractivity contribution is 9.10. The van der Waals surface area contributed by atoms with Crippen LogP contribution in [0.5, 0.6) is 5.75 Å². The van der Waals surface area contributed by atoms with Crippen LogP contribution >= 0.6 is 15.9 Å². The van der Waals surface area contributed by atoms with Gasteiger partial charge >= 0.3 is 0 Å². The van der Waals surface area contributed by atoms with E-state index in [1.807, 2.05) is 0 Å². The lowest BCUT2D eigenvalue weighted by Crippen LogP contribution is -2.14. The summed E-state index contributed by atoms with van der Waals surface area (Å²) in [6, 6.07) is 5.30. The van der Waals surface area contributed by atoms with Crippen molar-refractivity contribution in [2.75, 3.05) is 12.3 Å². The van der Waals surface area contributed by atoms with Crippen molar-refractivity contribution in [3.8, 4) is 5.75 Å². The SMILES string of the molecule is NC(=O)CCOc1cccc(N)c1Br. The summed E-state index contributed by atoms with van der Waals surface area (Å²) in [5.74, 6) is 0.233. The molecule has 0 atom stereocenters. The average Bonchev–Trinajstić information content (AvgIpc) is 2.12. The van der Waals surface area contributed by atoms with E-state index in [0.717, 1.165) is 0 Å². The molecule has 1 aromatic rings. The molecule has 0 aliphatic rings. The zero-order chi connectivity index (χ0) is 10.6. The minimum absolute atomic E-state index is 0.196. The summed E-state index contributed by atoms with van der Waals surface area (Å²) >= 11 is 3.28. The van der Waals surface area contributed by atoms with E-state index in [9.17, 15) is 4.79 Å². The molecule has 0 saturated carbocycles. The first kappa shape index (κ1) is 10.8. The first-order chi connectivity index (χ1) is 6.61. The fourth-order valence-corrected chi connectivity index (χ4v) is 1.28. The summed E-state index contributed by atoms with van der Waals surface area (Å²) in [5, 5.41) is 0. The fourth-order valence-electron chi connectivity index (χ4n) is 0.901. The van der Waals surface area contributed by atoms with E-state index in [2.05, 4.69) is 15.9 Å². The Kier molecular flexibility index (Phi) is 3.76. The van der Waals surface area contributed by atoms with Crippen molar-refractivity contribution in [2.24, 2.45) is 5.73 Å². The molecule has 4 N–H and O–H groups in total. The first-order valence-electron chi connectivity index (χ1n) is 4.06. The van der Waals surface area contributed by atoms with Crippen molar-refractivity contribution >= 4 is 27.5 Å². The van der Waals surface area contributed by atoms with Crippen LogP contribution in [0.2, 0.25) is 0 Å². The maximum atomic E-state index is 10.4. The molecule has 1 rings (SSSR count). The zero-order valence-corrected chi connectivity index (χ0v) is 9.08. The summed E-state index contributed by atoms with van der Waals surface area (Å²) < 4.78 is 6.00. The molecule has 1 aromatic carbocycles. The Bertz CT molecular complexity index is 342. The van der Waals surface area contributed by atoms with Crippen molar-refractivity contribution < 1.29 is 9.53 Å². The van der Waals surface area contributed by atoms with Crippen LogP contribution in [0.15, 0.2) is 22.7 Å². The maximum absolute atomic E-state index is 10.4. The van der Waals surface area contributed by atoms with Gasteiger partial charge in [0, 0.05) is 5.69 Å². The van der Waals surface area contributed by atoms with Crippen LogP contribution in [0.25, 0.3) is 0 Å². The number of nitrogens with two attached hydrogens (primary N) is 2. The van der Waals surface area contributed by atoms with Crippen LogP contribution in [0.3, 0.4) is 0 Å². The monoisotopic (exact) mass is 258 g/mol. The van der Waals surface area contributed by atoms with Crippen LogP contribution in [0, 0.1) is 0 Å². The highest BCUT2D eigenvalue weighted by Crippen LogP contribution is 2.30. The van der Waals surface area contributed by atoms with E-state index in [1.165, 1.54) is 0 Å². The minimum Gasteiger partial charge on any atom is -0.492 e. The summed E-state index contributed by atoms with van der Waals surface area (Å²) in [6.07, 6.45) is 0.196. The molecule has 76 valence electrons. The van der Waals surface area contributed by atoms with Gasteiger partial charge in [-0.05, 0) is 28.1 Å². The number of anilines is 1. The van der Waals surface area contributed by atoms with E-state index in [0.29, 0.717) is 15.9 Å². The number of carbonyl (C=O) groups is 1. The molecule has 0 unspecified atom stereocenters. The molecule has 0 aromatic heterocycles. The average molecular weight is 259 g/mol. The Hall–Kier alpha value is -1.23. The number of amides is 1. The van der Waals surface area contributed by atoms with E-state index >= 15 is 0 Å². The number of halogens is 1. The molecule has 0 fully saturated rings. The Morgan fingerprint density at radius 2 is 2.21 bits per heavy atom. The van der Waals surface area contributed by atoms with Gasteiger partial charge in [-0.2, -0.15) is 0 Å². The Balaban J connectivity index is 2.59. The molecule has 14 heavy (non-hydrogen) atoms. The zero-order valence-electron chi connectivity index (χ0n) is 7.50. The van der Waals surface area contributed by atoms with Crippen LogP contribution in [-0.4, -0.2) is 12.5 Å². The van der Waals surface area contributed by atoms with Crippen molar-refractivity contribution in [2.45, 2.75) is 6.42 Å². The predicted octanol–water partition coefficient (Wildman–Crippen LogP) is 1.29. The standard InChI is InChI=1S/C9H11BrN2O2/c10-9-6(11)2-1-3-7(9)14-5-4-8(12)13/h1-3H,4-5,11H2,(H2,12,13). The lowest BCUT2D eigenvalue weighted by atomic mass is 10.3. The molecular formula is C9H11BrN2O2. The normalized spacial score (nSPS) is 9.79. The quantitative estimate of drug-likeness (QED) is 0.799. The van der Waals surface area contributed by atoms with Crippen molar-refractivity contribution in [3.63, 3.8) is 0 Å². The van der Waals surface area contributed by atoms with Crippen molar-refractivity contribution in [1.29, 1.82) is 0 Å². The van der Waals surface area contributed by atoms with Crippen LogP contribution in [-0.2, 0) is 4.79 Å². The molecule has 0 aliphatic carbocycles. The number of hydrogen-bond acceptors (Lipinski definition) is 3. The van der Waals surface area contributed by atoms with E-state index < -0.39 is 0 Å². The third-order valence-electron chi connectivity index (χ3n) is 1.60. The van der Waals surface area contributed by atoms with Gasteiger partial charge in [-0.25, -0.2) is 0 Å². The number of rotatable bonds is 4. The molecule has 5 heteroatoms. The van der Waals surface area contributed by atoms with Gasteiger partial charge < -0.3 is 16.2 Å². The van der Waals surface area contributed by atoms with E-state index in [-0.39, 0.29) is 18.9 Å². The second-order valence-electron chi connectivity index (χ2n) is 2.72. The van der Waals surface area contributed by atoms with Gasteiger partial charge in [0.15, 0.2) is 0 Å². The topological polar surface area (TPSA) is 78.3 Å². The van der Waals surface area contributed by atoms with Gasteiger partial charge in [0.1, 0.15) is 5.75 Å². The number of primary amides is 1. The Morgan fingerprint density at radius 1 is 1.50 bits per heavy atom. The van der Waals surface area contributed by atoms with Crippen LogP contribution < -0.4 is 16.2 Å². The number of carbonyl (C=O) groups excluding carboxylic acids is 1. The second-order valence-corrected chi connectivity index (χ2v) is 3.52. The molecule has 0 saturated heterocycles. The first-order valence-corrected chi connectivity index (χ1v) is 4.85. The van der Waals surface area contributed by atoms with Gasteiger partial charge in [0.05, 0.1) is 17.5 Å². The fraction of sp³-hybridized carbons (Fsp3) is 0.222. The summed E-state index contributed by atoms with van der Waals surface area (Å²) in [4.78, 5) is 10.4. The van der Waals surface area contributed by atoms with Crippen molar-refractivity contribution in [1.82, 2.24) is 0 Å². The summed E-state index contributed by atoms with van der Waals surface area (Å²) in [7, 11) is 0. The van der Waals surface area contributed by atoms with Crippen LogP contribution in [0.1, 0.15) is 6.42 Å². The number of ether oxygens (including phenoxy) is 1. The minimum atomic E-state index is -0.384. The molecule has 0 heterocycles. The molecule has 0 spiro atoms. The molecule has 0 radical (unpaired) electrons. The molecule has 0 aliphatic heterocycles. The summed E-state index contributed by atoms with van der Waals surface area (Å²) in [5.41, 5.74) is 11.2. The van der Waals surface area contributed by atoms with E-state index in [4.69, 9.17) is 16.2 Å². The smallest absolute Gasteiger partial charge is 0.220 e. The number of benzene rings is 1. The third-order valence-corrected chi connectivity index (χ3v) is 2.45. The molecule has 1 amide bonds.